The average Bonchev–Trinajstić information content (AvgIpc) is 1.38. The second-order valence-corrected chi connectivity index (χ2v) is 1.16. The fraction of sp³-hybridized carbons (Fsp3) is 0. The van der Waals surface area contributed by atoms with Gasteiger partial charge in [-0.3, -0.25) is 0 Å². The van der Waals surface area contributed by atoms with Crippen LogP contribution in [0, 0.1) is 0 Å². The van der Waals surface area contributed by atoms with Crippen molar-refractivity contribution in [2.24, 2.45) is 0 Å². The van der Waals surface area contributed by atoms with Crippen molar-refractivity contribution < 1.29 is 8.78 Å². The Bertz CT molecular complexity index is 45.6. The van der Waals surface area contributed by atoms with Crippen LogP contribution >= 0.6 is 15.9 Å². The van der Waals surface area contributed by atoms with E-state index in [4.69, 9.17) is 0 Å². The number of rotatable bonds is 0. The van der Waals surface area contributed by atoms with Gasteiger partial charge in [0.05, 0.1) is 0 Å². The summed E-state index contributed by atoms with van der Waals surface area (Å²) in [5, 5.41) is 0. The summed E-state index contributed by atoms with van der Waals surface area (Å²) in [5.74, 6) is 0. The molecule has 0 aliphatic carbocycles. The number of hydrogen-bond donors (Lipinski definition) is 0. The molecule has 0 aliphatic rings. The topological polar surface area (TPSA) is 0 Å². The van der Waals surface area contributed by atoms with Gasteiger partial charge in [-0.1, -0.05) is 0 Å². The smallest absolute Gasteiger partial charge is 0.193 e. The molecule has 0 fully saturated rings. The highest BCUT2D eigenvalue weighted by Gasteiger charge is 1.74. The minimum atomic E-state index is -0.975. The molecule has 0 N–H and O–H groups in total. The molecule has 0 saturated carbocycles. The minimum absolute atomic E-state index is 0.167. The van der Waals surface area contributed by atoms with Crippen LogP contribution < -0.4 is 0 Å². The Kier molecular flexibility index (Phi) is 2.36. The van der Waals surface area contributed by atoms with E-state index >= 15 is 0 Å². The molecular formula is C2HBrF2. The van der Waals surface area contributed by atoms with Crippen molar-refractivity contribution in [3.63, 3.8) is 0 Å². The van der Waals surface area contributed by atoms with Crippen molar-refractivity contribution in [2.75, 3.05) is 0 Å². The van der Waals surface area contributed by atoms with Crippen LogP contribution in [-0.2, 0) is 0 Å². The lowest BCUT2D eigenvalue weighted by Gasteiger charge is -1.62. The normalized spacial score (nSPS) is 12.2. The Labute approximate surface area is 36.6 Å². The number of hydrogen-bond acceptors (Lipinski definition) is 0. The van der Waals surface area contributed by atoms with Gasteiger partial charge >= 0.3 is 0 Å². The average molecular weight is 143 g/mol. The number of halogens is 3. The Morgan fingerprint density at radius 3 is 2.00 bits per heavy atom. The van der Waals surface area contributed by atoms with Gasteiger partial charge in [-0.15, -0.1) is 0 Å². The molecule has 0 amide bonds. The van der Waals surface area contributed by atoms with Crippen molar-refractivity contribution >= 4 is 15.9 Å². The van der Waals surface area contributed by atoms with Crippen molar-refractivity contribution in [3.05, 3.63) is 11.1 Å². The third-order valence-electron chi connectivity index (χ3n) is 0.0825. The molecule has 5 heavy (non-hydrogen) atoms. The zero-order valence-electron chi connectivity index (χ0n) is 2.21. The van der Waals surface area contributed by atoms with E-state index in [1.165, 1.54) is 0 Å². The Morgan fingerprint density at radius 1 is 1.80 bits per heavy atom. The fourth-order valence-corrected chi connectivity index (χ4v) is 0. The first-order valence-electron chi connectivity index (χ1n) is 0.885. The summed E-state index contributed by atoms with van der Waals surface area (Å²) >= 11 is 2.19. The first-order chi connectivity index (χ1) is 2.27. The monoisotopic (exact) mass is 142 g/mol. The molecular weight excluding hydrogens is 142 g/mol. The van der Waals surface area contributed by atoms with Crippen LogP contribution in [-0.4, -0.2) is 0 Å². The Hall–Kier alpha value is 0.0800. The summed E-state index contributed by atoms with van der Waals surface area (Å²) in [5.41, 5.74) is 0. The summed E-state index contributed by atoms with van der Waals surface area (Å²) in [6.07, 6.45) is -0.167. The van der Waals surface area contributed by atoms with Crippen LogP contribution in [0.5, 0.6) is 0 Å². The SMILES string of the molecule is FC=C(F)Br. The van der Waals surface area contributed by atoms with E-state index in [1.807, 2.05) is 0 Å². The van der Waals surface area contributed by atoms with Crippen LogP contribution in [0.15, 0.2) is 11.1 Å². The molecule has 0 radical (unpaired) electrons. The highest BCUT2D eigenvalue weighted by molar-refractivity contribution is 9.11. The van der Waals surface area contributed by atoms with Gasteiger partial charge in [0.2, 0.25) is 0 Å². The molecule has 0 aromatic rings. The van der Waals surface area contributed by atoms with Crippen LogP contribution in [0.1, 0.15) is 0 Å². The molecule has 0 saturated heterocycles. The van der Waals surface area contributed by atoms with Crippen LogP contribution in [0.25, 0.3) is 0 Å². The van der Waals surface area contributed by atoms with Crippen molar-refractivity contribution in [1.82, 2.24) is 0 Å². The second kappa shape index (κ2) is 2.33. The summed E-state index contributed by atoms with van der Waals surface area (Å²) < 4.78 is 20.4. The highest BCUT2D eigenvalue weighted by atomic mass is 79.9. The van der Waals surface area contributed by atoms with Crippen LogP contribution in [0.2, 0.25) is 0 Å². The molecule has 0 nitrogen and oxygen atoms in total. The van der Waals surface area contributed by atoms with E-state index < -0.39 is 4.74 Å². The van der Waals surface area contributed by atoms with Gasteiger partial charge < -0.3 is 0 Å². The maximum Gasteiger partial charge on any atom is 0.193 e. The predicted molar refractivity (Wildman–Crippen MR) is 19.2 cm³/mol. The van der Waals surface area contributed by atoms with E-state index in [2.05, 4.69) is 15.9 Å². The van der Waals surface area contributed by atoms with Gasteiger partial charge in [-0.05, 0) is 15.9 Å². The molecule has 0 heterocycles. The largest absolute Gasteiger partial charge is 0.212 e. The lowest BCUT2D eigenvalue weighted by atomic mass is 11.2. The van der Waals surface area contributed by atoms with E-state index in [0.717, 1.165) is 0 Å². The molecule has 30 valence electrons. The fourth-order valence-electron chi connectivity index (χ4n) is 0. The predicted octanol–water partition coefficient (Wildman–Crippen LogP) is 2.12. The summed E-state index contributed by atoms with van der Waals surface area (Å²) in [7, 11) is 0. The van der Waals surface area contributed by atoms with Crippen molar-refractivity contribution in [2.45, 2.75) is 0 Å². The molecule has 0 aliphatic heterocycles. The van der Waals surface area contributed by atoms with Gasteiger partial charge in [-0.25, -0.2) is 4.39 Å². The molecule has 0 bridgehead atoms. The van der Waals surface area contributed by atoms with E-state index in [9.17, 15) is 8.78 Å². The maximum absolute atomic E-state index is 10.8. The molecule has 0 rings (SSSR count). The van der Waals surface area contributed by atoms with E-state index in [0.29, 0.717) is 0 Å². The van der Waals surface area contributed by atoms with Crippen molar-refractivity contribution in [3.8, 4) is 0 Å². The zero-order chi connectivity index (χ0) is 4.28. The lowest BCUT2D eigenvalue weighted by molar-refractivity contribution is 0.634. The molecule has 0 unspecified atom stereocenters. The van der Waals surface area contributed by atoms with Gasteiger partial charge in [0, 0.05) is 0 Å². The van der Waals surface area contributed by atoms with Gasteiger partial charge in [0.15, 0.2) is 4.74 Å². The first kappa shape index (κ1) is 5.08. The molecule has 0 aromatic carbocycles. The Morgan fingerprint density at radius 2 is 2.00 bits per heavy atom. The highest BCUT2D eigenvalue weighted by Crippen LogP contribution is 2.03. The molecule has 0 spiro atoms. The lowest BCUT2D eigenvalue weighted by Crippen LogP contribution is -1.37. The standard InChI is InChI=1S/C2HBrF2/c3-2(5)1-4/h1H. The maximum atomic E-state index is 10.8. The van der Waals surface area contributed by atoms with Gasteiger partial charge in [0.25, 0.3) is 0 Å². The third-order valence-corrected chi connectivity index (χ3v) is 0.256. The molecule has 0 atom stereocenters. The summed E-state index contributed by atoms with van der Waals surface area (Å²) in [6.45, 7) is 0. The van der Waals surface area contributed by atoms with E-state index in [1.54, 1.807) is 0 Å². The molecule has 0 aromatic heterocycles. The minimum Gasteiger partial charge on any atom is -0.212 e. The van der Waals surface area contributed by atoms with Gasteiger partial charge in [-0.2, -0.15) is 4.39 Å². The third kappa shape index (κ3) is 4.08. The summed E-state index contributed by atoms with van der Waals surface area (Å²) in [6, 6.07) is 0. The van der Waals surface area contributed by atoms with Gasteiger partial charge in [0.1, 0.15) is 6.33 Å². The quantitative estimate of drug-likeness (QED) is 0.487. The van der Waals surface area contributed by atoms with Crippen molar-refractivity contribution in [1.29, 1.82) is 0 Å². The zero-order valence-corrected chi connectivity index (χ0v) is 3.80. The van der Waals surface area contributed by atoms with Crippen LogP contribution in [0.3, 0.4) is 0 Å². The Balaban J connectivity index is 3.14. The van der Waals surface area contributed by atoms with E-state index in [-0.39, 0.29) is 6.33 Å². The second-order valence-electron chi connectivity index (χ2n) is 0.399. The van der Waals surface area contributed by atoms with Crippen LogP contribution in [0.4, 0.5) is 8.78 Å². The summed E-state index contributed by atoms with van der Waals surface area (Å²) in [4.78, 5) is 0. The molecule has 3 heteroatoms. The first-order valence-corrected chi connectivity index (χ1v) is 1.68.